The van der Waals surface area contributed by atoms with Gasteiger partial charge in [0.25, 0.3) is 5.91 Å². The van der Waals surface area contributed by atoms with Crippen LogP contribution in [-0.2, 0) is 17.6 Å². The Morgan fingerprint density at radius 3 is 2.44 bits per heavy atom. The maximum absolute atomic E-state index is 13.3. The third-order valence-electron chi connectivity index (χ3n) is 3.54. The van der Waals surface area contributed by atoms with E-state index >= 15 is 0 Å². The molecule has 0 atom stereocenters. The normalized spacial score (nSPS) is 11.2. The number of hydrogen-bond donors (Lipinski definition) is 2. The van der Waals surface area contributed by atoms with E-state index in [0.717, 1.165) is 6.07 Å². The van der Waals surface area contributed by atoms with Gasteiger partial charge in [0.05, 0.1) is 0 Å². The van der Waals surface area contributed by atoms with Crippen molar-refractivity contribution < 1.29 is 19.1 Å². The molecule has 132 valence electrons. The van der Waals surface area contributed by atoms with Crippen LogP contribution in [0.5, 0.6) is 5.75 Å². The molecule has 0 aliphatic rings. The largest absolute Gasteiger partial charge is 0.505 e. The zero-order valence-corrected chi connectivity index (χ0v) is 14.6. The van der Waals surface area contributed by atoms with E-state index in [1.807, 2.05) is 20.8 Å². The highest BCUT2D eigenvalue weighted by molar-refractivity contribution is 5.95. The molecule has 0 fully saturated rings. The SMILES string of the molecule is CC(C)(C)NC(=O)c1cccc(CC(=O)Cc2cccc(F)c2O)c1. The summed E-state index contributed by atoms with van der Waals surface area (Å²) in [4.78, 5) is 24.4. The highest BCUT2D eigenvalue weighted by Crippen LogP contribution is 2.21. The second-order valence-electron chi connectivity index (χ2n) is 7.04. The number of carbonyl (C=O) groups is 2. The summed E-state index contributed by atoms with van der Waals surface area (Å²) in [5, 5.41) is 12.5. The van der Waals surface area contributed by atoms with Crippen molar-refractivity contribution in [2.24, 2.45) is 0 Å². The van der Waals surface area contributed by atoms with Gasteiger partial charge in [0.2, 0.25) is 0 Å². The first kappa shape index (κ1) is 18.6. The lowest BCUT2D eigenvalue weighted by Gasteiger charge is -2.20. The lowest BCUT2D eigenvalue weighted by atomic mass is 10.00. The number of benzene rings is 2. The summed E-state index contributed by atoms with van der Waals surface area (Å²) in [6.07, 6.45) is 0.0363. The molecule has 2 aromatic carbocycles. The van der Waals surface area contributed by atoms with Gasteiger partial charge in [-0.25, -0.2) is 4.39 Å². The molecule has 2 rings (SSSR count). The molecule has 0 saturated heterocycles. The number of ketones is 1. The van der Waals surface area contributed by atoms with Gasteiger partial charge in [-0.15, -0.1) is 0 Å². The summed E-state index contributed by atoms with van der Waals surface area (Å²) in [6.45, 7) is 5.68. The van der Waals surface area contributed by atoms with Crippen molar-refractivity contribution in [3.8, 4) is 5.75 Å². The quantitative estimate of drug-likeness (QED) is 0.874. The third-order valence-corrected chi connectivity index (χ3v) is 3.54. The highest BCUT2D eigenvalue weighted by Gasteiger charge is 2.16. The molecule has 0 aliphatic heterocycles. The molecule has 4 nitrogen and oxygen atoms in total. The number of nitrogens with one attached hydrogen (secondary N) is 1. The molecule has 0 aliphatic carbocycles. The molecular formula is C20H22FNO3. The van der Waals surface area contributed by atoms with Gasteiger partial charge in [-0.2, -0.15) is 0 Å². The Balaban J connectivity index is 2.07. The molecule has 0 bridgehead atoms. The summed E-state index contributed by atoms with van der Waals surface area (Å²) >= 11 is 0. The number of para-hydroxylation sites is 1. The minimum absolute atomic E-state index is 0.0675. The Morgan fingerprint density at radius 1 is 1.08 bits per heavy atom. The number of halogens is 1. The number of rotatable bonds is 5. The highest BCUT2D eigenvalue weighted by atomic mass is 19.1. The van der Waals surface area contributed by atoms with Crippen molar-refractivity contribution in [3.63, 3.8) is 0 Å². The number of phenolic OH excluding ortho intramolecular Hbond substituents is 1. The number of hydrogen-bond acceptors (Lipinski definition) is 3. The van der Waals surface area contributed by atoms with Gasteiger partial charge in [-0.3, -0.25) is 9.59 Å². The smallest absolute Gasteiger partial charge is 0.251 e. The number of phenols is 1. The van der Waals surface area contributed by atoms with E-state index in [0.29, 0.717) is 11.1 Å². The van der Waals surface area contributed by atoms with Crippen molar-refractivity contribution in [1.29, 1.82) is 0 Å². The zero-order valence-electron chi connectivity index (χ0n) is 14.6. The standard InChI is InChI=1S/C20H22FNO3/c1-20(2,3)22-19(25)15-8-4-6-13(10-15)11-16(23)12-14-7-5-9-17(21)18(14)24/h4-10,24H,11-12H2,1-3H3,(H,22,25). The Kier molecular flexibility index (Phi) is 5.57. The lowest BCUT2D eigenvalue weighted by molar-refractivity contribution is -0.117. The van der Waals surface area contributed by atoms with E-state index < -0.39 is 11.6 Å². The topological polar surface area (TPSA) is 66.4 Å². The molecule has 5 heteroatoms. The number of carbonyl (C=O) groups excluding carboxylic acids is 2. The predicted octanol–water partition coefficient (Wildman–Crippen LogP) is 3.41. The molecule has 0 spiro atoms. The second-order valence-corrected chi connectivity index (χ2v) is 7.04. The molecular weight excluding hydrogens is 321 g/mol. The van der Waals surface area contributed by atoms with Gasteiger partial charge in [-0.05, 0) is 44.5 Å². The predicted molar refractivity (Wildman–Crippen MR) is 94.1 cm³/mol. The zero-order chi connectivity index (χ0) is 18.6. The maximum Gasteiger partial charge on any atom is 0.251 e. The summed E-state index contributed by atoms with van der Waals surface area (Å²) in [5.41, 5.74) is 1.08. The molecule has 2 N–H and O–H groups in total. The van der Waals surface area contributed by atoms with Crippen molar-refractivity contribution in [1.82, 2.24) is 5.32 Å². The van der Waals surface area contributed by atoms with Gasteiger partial charge in [0.15, 0.2) is 11.6 Å². The third kappa shape index (κ3) is 5.41. The first-order valence-electron chi connectivity index (χ1n) is 8.05. The van der Waals surface area contributed by atoms with E-state index in [-0.39, 0.29) is 35.6 Å². The Labute approximate surface area is 146 Å². The van der Waals surface area contributed by atoms with Crippen LogP contribution in [0, 0.1) is 5.82 Å². The Bertz CT molecular complexity index is 794. The van der Waals surface area contributed by atoms with E-state index in [1.54, 1.807) is 24.3 Å². The average molecular weight is 343 g/mol. The van der Waals surface area contributed by atoms with Crippen molar-refractivity contribution in [2.45, 2.75) is 39.2 Å². The van der Waals surface area contributed by atoms with E-state index in [9.17, 15) is 19.1 Å². The van der Waals surface area contributed by atoms with Crippen LogP contribution in [0.25, 0.3) is 0 Å². The van der Waals surface area contributed by atoms with Crippen molar-refractivity contribution >= 4 is 11.7 Å². The summed E-state index contributed by atoms with van der Waals surface area (Å²) in [7, 11) is 0. The second kappa shape index (κ2) is 7.47. The lowest BCUT2D eigenvalue weighted by Crippen LogP contribution is -2.40. The number of Topliss-reactive ketones (excluding diaryl/α,β-unsaturated/α-hetero) is 1. The molecule has 0 heterocycles. The van der Waals surface area contributed by atoms with Gasteiger partial charge in [0, 0.05) is 29.5 Å². The van der Waals surface area contributed by atoms with Crippen LogP contribution in [0.15, 0.2) is 42.5 Å². The van der Waals surface area contributed by atoms with Crippen molar-refractivity contribution in [2.75, 3.05) is 0 Å². The fourth-order valence-electron chi connectivity index (χ4n) is 2.44. The fourth-order valence-corrected chi connectivity index (χ4v) is 2.44. The van der Waals surface area contributed by atoms with Gasteiger partial charge < -0.3 is 10.4 Å². The molecule has 25 heavy (non-hydrogen) atoms. The molecule has 0 saturated carbocycles. The van der Waals surface area contributed by atoms with Crippen LogP contribution in [0.1, 0.15) is 42.3 Å². The van der Waals surface area contributed by atoms with Gasteiger partial charge in [0.1, 0.15) is 5.78 Å². The van der Waals surface area contributed by atoms with Crippen LogP contribution in [0.3, 0.4) is 0 Å². The van der Waals surface area contributed by atoms with E-state index in [2.05, 4.69) is 5.32 Å². The first-order chi connectivity index (χ1) is 11.7. The average Bonchev–Trinajstić information content (AvgIpc) is 2.50. The summed E-state index contributed by atoms with van der Waals surface area (Å²) in [5.74, 6) is -1.61. The number of aromatic hydroxyl groups is 1. The molecule has 1 amide bonds. The van der Waals surface area contributed by atoms with E-state index in [4.69, 9.17) is 0 Å². The molecule has 0 radical (unpaired) electrons. The summed E-state index contributed by atoms with van der Waals surface area (Å²) < 4.78 is 13.3. The molecule has 0 unspecified atom stereocenters. The van der Waals surface area contributed by atoms with Crippen LogP contribution in [0.4, 0.5) is 4.39 Å². The van der Waals surface area contributed by atoms with E-state index in [1.165, 1.54) is 12.1 Å². The van der Waals surface area contributed by atoms with Crippen LogP contribution >= 0.6 is 0 Å². The van der Waals surface area contributed by atoms with Crippen LogP contribution < -0.4 is 5.32 Å². The molecule has 0 aromatic heterocycles. The van der Waals surface area contributed by atoms with Gasteiger partial charge >= 0.3 is 0 Å². The number of amides is 1. The van der Waals surface area contributed by atoms with Crippen LogP contribution in [0.2, 0.25) is 0 Å². The minimum Gasteiger partial charge on any atom is -0.505 e. The van der Waals surface area contributed by atoms with Gasteiger partial charge in [-0.1, -0.05) is 24.3 Å². The Hall–Kier alpha value is -2.69. The van der Waals surface area contributed by atoms with Crippen molar-refractivity contribution in [3.05, 3.63) is 65.0 Å². The maximum atomic E-state index is 13.3. The fraction of sp³-hybridized carbons (Fsp3) is 0.300. The molecule has 2 aromatic rings. The summed E-state index contributed by atoms with van der Waals surface area (Å²) in [6, 6.07) is 11.0. The Morgan fingerprint density at radius 2 is 1.76 bits per heavy atom. The first-order valence-corrected chi connectivity index (χ1v) is 8.05. The minimum atomic E-state index is -0.744. The van der Waals surface area contributed by atoms with Crippen LogP contribution in [-0.4, -0.2) is 22.3 Å². The monoisotopic (exact) mass is 343 g/mol.